The maximum atomic E-state index is 4.61. The summed E-state index contributed by atoms with van der Waals surface area (Å²) in [6, 6.07) is 0. The van der Waals surface area contributed by atoms with Gasteiger partial charge in [0.1, 0.15) is 0 Å². The molecule has 0 atom stereocenters. The molecule has 0 aromatic rings. The van der Waals surface area contributed by atoms with E-state index < -0.39 is 0 Å². The van der Waals surface area contributed by atoms with E-state index in [1.165, 1.54) is 0 Å². The standard InChI is InChI=1S/C4H8O.C2H6.CH3.W/c1-3-5-4-2;1-2;;/h1-4H2;1-2H3;1H3;/q-2;;-1;. The molecule has 0 heterocycles. The van der Waals surface area contributed by atoms with Crippen LogP contribution in [0.3, 0.4) is 0 Å². The smallest absolute Gasteiger partial charge is 0 e. The molecule has 0 saturated heterocycles. The van der Waals surface area contributed by atoms with Crippen molar-refractivity contribution < 1.29 is 25.8 Å². The molecule has 0 fully saturated rings. The number of ether oxygens (including phenoxy) is 1. The molecule has 0 rings (SSSR count). The summed E-state index contributed by atoms with van der Waals surface area (Å²) in [6.45, 7) is 11.9. The first-order valence-electron chi connectivity index (χ1n) is 2.58. The van der Waals surface area contributed by atoms with Crippen LogP contribution in [0.4, 0.5) is 0 Å². The van der Waals surface area contributed by atoms with Crippen LogP contribution >= 0.6 is 0 Å². The van der Waals surface area contributed by atoms with Crippen molar-refractivity contribution in [1.29, 1.82) is 0 Å². The first-order chi connectivity index (χ1) is 3.41. The Hall–Kier alpha value is 0.648. The van der Waals surface area contributed by atoms with Gasteiger partial charge in [0.05, 0.1) is 0 Å². The van der Waals surface area contributed by atoms with Gasteiger partial charge in [-0.1, -0.05) is 27.1 Å². The number of rotatable bonds is 2. The summed E-state index contributed by atoms with van der Waals surface area (Å²) in [6.07, 6.45) is 0. The van der Waals surface area contributed by atoms with E-state index in [0.29, 0.717) is 13.2 Å². The van der Waals surface area contributed by atoms with E-state index in [1.807, 2.05) is 13.8 Å². The van der Waals surface area contributed by atoms with Crippen LogP contribution in [0.25, 0.3) is 0 Å². The molecule has 0 saturated carbocycles. The Morgan fingerprint density at radius 1 is 1.11 bits per heavy atom. The maximum absolute atomic E-state index is 4.61. The Kier molecular flexibility index (Phi) is 95.5. The Bertz CT molecular complexity index is 16.4. The molecule has 2 heteroatoms. The molecule has 60 valence electrons. The van der Waals surface area contributed by atoms with Crippen molar-refractivity contribution in [3.8, 4) is 0 Å². The normalized spacial score (nSPS) is 5.33. The van der Waals surface area contributed by atoms with Crippen LogP contribution in [0.2, 0.25) is 0 Å². The van der Waals surface area contributed by atoms with Crippen LogP contribution in [0, 0.1) is 21.3 Å². The van der Waals surface area contributed by atoms with Crippen molar-refractivity contribution in [3.05, 3.63) is 21.3 Å². The molecule has 0 N–H and O–H groups in total. The van der Waals surface area contributed by atoms with Crippen molar-refractivity contribution in [2.24, 2.45) is 0 Å². The van der Waals surface area contributed by atoms with Crippen molar-refractivity contribution >= 4 is 0 Å². The zero-order valence-corrected chi connectivity index (χ0v) is 9.58. The molecule has 9 heavy (non-hydrogen) atoms. The van der Waals surface area contributed by atoms with E-state index in [0.717, 1.165) is 0 Å². The molecule has 0 aliphatic heterocycles. The monoisotopic (exact) mass is 301 g/mol. The third-order valence-corrected chi connectivity index (χ3v) is 0.289. The summed E-state index contributed by atoms with van der Waals surface area (Å²) in [5.74, 6) is 0. The van der Waals surface area contributed by atoms with Crippen molar-refractivity contribution in [2.45, 2.75) is 13.8 Å². The van der Waals surface area contributed by atoms with Gasteiger partial charge in [-0.15, -0.1) is 0 Å². The van der Waals surface area contributed by atoms with Gasteiger partial charge < -0.3 is 26.0 Å². The van der Waals surface area contributed by atoms with Crippen LogP contribution in [0.5, 0.6) is 0 Å². The minimum absolute atomic E-state index is 0. The molecule has 0 aliphatic rings. The molecular formula is C7H17OW-3. The van der Waals surface area contributed by atoms with Crippen LogP contribution in [-0.2, 0) is 25.8 Å². The molecular weight excluding hydrogens is 284 g/mol. The second-order valence-corrected chi connectivity index (χ2v) is 0.612. The topological polar surface area (TPSA) is 9.23 Å². The Morgan fingerprint density at radius 3 is 1.33 bits per heavy atom. The Labute approximate surface area is 74.4 Å². The number of hydrogen-bond donors (Lipinski definition) is 0. The fourth-order valence-electron chi connectivity index (χ4n) is 0.102. The molecule has 0 bridgehead atoms. The van der Waals surface area contributed by atoms with Gasteiger partial charge in [-0.05, 0) is 0 Å². The minimum Gasteiger partial charge on any atom is -0.445 e. The molecule has 0 amide bonds. The van der Waals surface area contributed by atoms with Gasteiger partial charge in [0, 0.05) is 21.1 Å². The van der Waals surface area contributed by atoms with E-state index in [1.54, 1.807) is 0 Å². The fourth-order valence-corrected chi connectivity index (χ4v) is 0.102. The van der Waals surface area contributed by atoms with Crippen LogP contribution in [0.1, 0.15) is 13.8 Å². The maximum Gasteiger partial charge on any atom is 0 e. The average Bonchev–Trinajstić information content (AvgIpc) is 1.75. The zero-order chi connectivity index (χ0) is 6.12. The van der Waals surface area contributed by atoms with Gasteiger partial charge in [0.15, 0.2) is 0 Å². The summed E-state index contributed by atoms with van der Waals surface area (Å²) < 4.78 is 4.61. The SMILES string of the molecule is CC.[CH2-]COC[CH2-].[CH3-].[W]. The van der Waals surface area contributed by atoms with Gasteiger partial charge in [-0.3, -0.25) is 0 Å². The van der Waals surface area contributed by atoms with E-state index in [4.69, 9.17) is 0 Å². The van der Waals surface area contributed by atoms with E-state index in [-0.39, 0.29) is 28.5 Å². The van der Waals surface area contributed by atoms with Crippen LogP contribution in [0.15, 0.2) is 0 Å². The second-order valence-electron chi connectivity index (χ2n) is 0.612. The van der Waals surface area contributed by atoms with Crippen molar-refractivity contribution in [1.82, 2.24) is 0 Å². The van der Waals surface area contributed by atoms with Gasteiger partial charge in [0.2, 0.25) is 0 Å². The predicted octanol–water partition coefficient (Wildman–Crippen LogP) is 2.15. The first kappa shape index (κ1) is 22.6. The molecule has 1 nitrogen and oxygen atoms in total. The largest absolute Gasteiger partial charge is 0.445 e. The zero-order valence-electron chi connectivity index (χ0n) is 6.64. The van der Waals surface area contributed by atoms with E-state index >= 15 is 0 Å². The van der Waals surface area contributed by atoms with Gasteiger partial charge >= 0.3 is 0 Å². The van der Waals surface area contributed by atoms with Gasteiger partial charge in [-0.25, -0.2) is 0 Å². The molecule has 0 spiro atoms. The van der Waals surface area contributed by atoms with Crippen molar-refractivity contribution in [3.63, 3.8) is 0 Å². The summed E-state index contributed by atoms with van der Waals surface area (Å²) in [4.78, 5) is 0. The fraction of sp³-hybridized carbons (Fsp3) is 0.571. The van der Waals surface area contributed by atoms with Crippen molar-refractivity contribution in [2.75, 3.05) is 13.2 Å². The molecule has 0 radical (unpaired) electrons. The molecule has 0 aromatic heterocycles. The van der Waals surface area contributed by atoms with E-state index in [9.17, 15) is 0 Å². The summed E-state index contributed by atoms with van der Waals surface area (Å²) in [7, 11) is 0. The van der Waals surface area contributed by atoms with E-state index in [2.05, 4.69) is 18.6 Å². The van der Waals surface area contributed by atoms with Crippen LogP contribution < -0.4 is 0 Å². The third kappa shape index (κ3) is 54.5. The summed E-state index contributed by atoms with van der Waals surface area (Å²) >= 11 is 0. The quantitative estimate of drug-likeness (QED) is 0.710. The third-order valence-electron chi connectivity index (χ3n) is 0.289. The summed E-state index contributed by atoms with van der Waals surface area (Å²) in [5, 5.41) is 0. The summed E-state index contributed by atoms with van der Waals surface area (Å²) in [5.41, 5.74) is 0. The second kappa shape index (κ2) is 38.0. The van der Waals surface area contributed by atoms with Gasteiger partial charge in [0.25, 0.3) is 0 Å². The Morgan fingerprint density at radius 2 is 1.33 bits per heavy atom. The molecule has 0 aromatic carbocycles. The Balaban J connectivity index is -0.0000000286. The molecule has 0 unspecified atom stereocenters. The number of hydrogen-bond acceptors (Lipinski definition) is 1. The first-order valence-corrected chi connectivity index (χ1v) is 2.58. The predicted molar refractivity (Wildman–Crippen MR) is 39.3 cm³/mol. The average molecular weight is 301 g/mol. The molecule has 0 aliphatic carbocycles. The van der Waals surface area contributed by atoms with Crippen LogP contribution in [-0.4, -0.2) is 13.2 Å². The van der Waals surface area contributed by atoms with Gasteiger partial charge in [-0.2, -0.15) is 0 Å². The minimum atomic E-state index is 0.